The molecule has 0 amide bonds. The van der Waals surface area contributed by atoms with E-state index in [2.05, 4.69) is 15.3 Å². The number of thiazole rings is 1. The third kappa shape index (κ3) is 1.14. The van der Waals surface area contributed by atoms with Crippen molar-refractivity contribution in [1.82, 2.24) is 20.0 Å². The maximum Gasteiger partial charge on any atom is 0.211 e. The molecule has 0 bridgehead atoms. The average Bonchev–Trinajstić information content (AvgIpc) is 2.55. The zero-order valence-electron chi connectivity index (χ0n) is 5.93. The minimum atomic E-state index is 0.861. The smallest absolute Gasteiger partial charge is 0.211 e. The molecule has 0 atom stereocenters. The van der Waals surface area contributed by atoms with Gasteiger partial charge in [0.2, 0.25) is 5.13 Å². The van der Waals surface area contributed by atoms with E-state index in [1.165, 1.54) is 4.88 Å². The molecule has 0 aliphatic heterocycles. The molecular weight excluding hydrogens is 160 g/mol. The Morgan fingerprint density at radius 2 is 2.45 bits per heavy atom. The van der Waals surface area contributed by atoms with E-state index in [-0.39, 0.29) is 0 Å². The Morgan fingerprint density at radius 3 is 3.00 bits per heavy atom. The molecule has 0 radical (unpaired) electrons. The molecule has 0 aliphatic rings. The van der Waals surface area contributed by atoms with Crippen LogP contribution in [0.1, 0.15) is 4.88 Å². The first-order chi connectivity index (χ1) is 5.36. The SMILES string of the molecule is Cc1cnc(-n2ccnn2)s1. The number of hydrogen-bond acceptors (Lipinski definition) is 4. The third-order valence-electron chi connectivity index (χ3n) is 1.23. The van der Waals surface area contributed by atoms with Gasteiger partial charge in [0.05, 0.1) is 12.4 Å². The quantitative estimate of drug-likeness (QED) is 0.635. The number of rotatable bonds is 1. The van der Waals surface area contributed by atoms with E-state index in [4.69, 9.17) is 0 Å². The van der Waals surface area contributed by atoms with Crippen molar-refractivity contribution in [1.29, 1.82) is 0 Å². The van der Waals surface area contributed by atoms with Crippen LogP contribution in [0.2, 0.25) is 0 Å². The molecule has 0 N–H and O–H groups in total. The van der Waals surface area contributed by atoms with Crippen molar-refractivity contribution in [3.63, 3.8) is 0 Å². The van der Waals surface area contributed by atoms with Crippen molar-refractivity contribution >= 4 is 11.3 Å². The Balaban J connectivity index is 2.45. The molecule has 2 aromatic heterocycles. The van der Waals surface area contributed by atoms with E-state index in [0.717, 1.165) is 5.13 Å². The van der Waals surface area contributed by atoms with E-state index in [1.54, 1.807) is 28.4 Å². The second kappa shape index (κ2) is 2.43. The molecule has 11 heavy (non-hydrogen) atoms. The van der Waals surface area contributed by atoms with Gasteiger partial charge in [-0.05, 0) is 6.92 Å². The lowest BCUT2D eigenvalue weighted by Crippen LogP contribution is -1.92. The molecule has 4 nitrogen and oxygen atoms in total. The first-order valence-corrected chi connectivity index (χ1v) is 3.97. The maximum atomic E-state index is 4.14. The predicted octanol–water partition coefficient (Wildman–Crippen LogP) is 1.03. The summed E-state index contributed by atoms with van der Waals surface area (Å²) < 4.78 is 1.65. The minimum Gasteiger partial charge on any atom is -0.227 e. The zero-order chi connectivity index (χ0) is 7.68. The molecule has 56 valence electrons. The molecule has 0 saturated carbocycles. The Labute approximate surface area is 67.5 Å². The summed E-state index contributed by atoms with van der Waals surface area (Å²) in [4.78, 5) is 5.31. The van der Waals surface area contributed by atoms with Crippen molar-refractivity contribution in [3.8, 4) is 5.13 Å². The van der Waals surface area contributed by atoms with E-state index in [9.17, 15) is 0 Å². The van der Waals surface area contributed by atoms with Gasteiger partial charge < -0.3 is 0 Å². The average molecular weight is 166 g/mol. The summed E-state index contributed by atoms with van der Waals surface area (Å²) in [5, 5.41) is 8.36. The van der Waals surface area contributed by atoms with Crippen LogP contribution in [0.3, 0.4) is 0 Å². The van der Waals surface area contributed by atoms with Gasteiger partial charge in [0.1, 0.15) is 0 Å². The summed E-state index contributed by atoms with van der Waals surface area (Å²) in [6.45, 7) is 2.01. The van der Waals surface area contributed by atoms with Gasteiger partial charge >= 0.3 is 0 Å². The van der Waals surface area contributed by atoms with E-state index in [1.807, 2.05) is 13.1 Å². The van der Waals surface area contributed by atoms with Gasteiger partial charge in [-0.3, -0.25) is 0 Å². The van der Waals surface area contributed by atoms with E-state index in [0.29, 0.717) is 0 Å². The fraction of sp³-hybridized carbons (Fsp3) is 0.167. The molecule has 2 heterocycles. The van der Waals surface area contributed by atoms with Crippen molar-refractivity contribution in [2.24, 2.45) is 0 Å². The summed E-state index contributed by atoms with van der Waals surface area (Å²) in [6.07, 6.45) is 5.23. The van der Waals surface area contributed by atoms with Crippen LogP contribution in [0.4, 0.5) is 0 Å². The van der Waals surface area contributed by atoms with Crippen LogP contribution in [-0.2, 0) is 0 Å². The first-order valence-electron chi connectivity index (χ1n) is 3.15. The molecule has 2 rings (SSSR count). The second-order valence-electron chi connectivity index (χ2n) is 2.10. The highest BCUT2D eigenvalue weighted by atomic mass is 32.1. The maximum absolute atomic E-state index is 4.14. The molecule has 0 fully saturated rings. The topological polar surface area (TPSA) is 43.6 Å². The molecule has 2 aromatic rings. The number of aromatic nitrogens is 4. The minimum absolute atomic E-state index is 0.861. The highest BCUT2D eigenvalue weighted by molar-refractivity contribution is 7.13. The Hall–Kier alpha value is -1.23. The van der Waals surface area contributed by atoms with Crippen LogP contribution in [0, 0.1) is 6.92 Å². The van der Waals surface area contributed by atoms with Crippen LogP contribution >= 0.6 is 11.3 Å². The van der Waals surface area contributed by atoms with Crippen molar-refractivity contribution in [2.45, 2.75) is 6.92 Å². The zero-order valence-corrected chi connectivity index (χ0v) is 6.75. The van der Waals surface area contributed by atoms with Gasteiger partial charge in [-0.1, -0.05) is 5.21 Å². The molecule has 5 heteroatoms. The van der Waals surface area contributed by atoms with Gasteiger partial charge in [0.15, 0.2) is 0 Å². The summed E-state index contributed by atoms with van der Waals surface area (Å²) in [5.74, 6) is 0. The van der Waals surface area contributed by atoms with Gasteiger partial charge in [-0.2, -0.15) is 4.68 Å². The fourth-order valence-electron chi connectivity index (χ4n) is 0.759. The highest BCUT2D eigenvalue weighted by Crippen LogP contribution is 2.13. The van der Waals surface area contributed by atoms with Crippen LogP contribution in [0.25, 0.3) is 5.13 Å². The Kier molecular flexibility index (Phi) is 1.43. The largest absolute Gasteiger partial charge is 0.227 e. The molecular formula is C6H6N4S. The summed E-state index contributed by atoms with van der Waals surface area (Å²) >= 11 is 1.59. The Bertz CT molecular complexity index is 337. The first kappa shape index (κ1) is 6.48. The number of aryl methyl sites for hydroxylation is 1. The summed E-state index contributed by atoms with van der Waals surface area (Å²) in [6, 6.07) is 0. The van der Waals surface area contributed by atoms with E-state index < -0.39 is 0 Å². The Morgan fingerprint density at radius 1 is 1.55 bits per heavy atom. The highest BCUT2D eigenvalue weighted by Gasteiger charge is 1.99. The van der Waals surface area contributed by atoms with Gasteiger partial charge in [-0.15, -0.1) is 16.4 Å². The molecule has 0 spiro atoms. The third-order valence-corrected chi connectivity index (χ3v) is 2.13. The molecule has 0 aliphatic carbocycles. The monoisotopic (exact) mass is 166 g/mol. The van der Waals surface area contributed by atoms with E-state index >= 15 is 0 Å². The standard InChI is InChI=1S/C6H6N4S/c1-5-4-7-6(11-5)10-3-2-8-9-10/h2-4H,1H3. The van der Waals surface area contributed by atoms with Crippen molar-refractivity contribution < 1.29 is 0 Å². The lowest BCUT2D eigenvalue weighted by Gasteiger charge is -1.88. The van der Waals surface area contributed by atoms with Crippen LogP contribution in [-0.4, -0.2) is 20.0 Å². The summed E-state index contributed by atoms with van der Waals surface area (Å²) in [7, 11) is 0. The van der Waals surface area contributed by atoms with Crippen LogP contribution < -0.4 is 0 Å². The summed E-state index contributed by atoms with van der Waals surface area (Å²) in [5.41, 5.74) is 0. The van der Waals surface area contributed by atoms with Gasteiger partial charge in [0.25, 0.3) is 0 Å². The van der Waals surface area contributed by atoms with Crippen molar-refractivity contribution in [2.75, 3.05) is 0 Å². The van der Waals surface area contributed by atoms with Crippen LogP contribution in [0.15, 0.2) is 18.6 Å². The van der Waals surface area contributed by atoms with Crippen LogP contribution in [0.5, 0.6) is 0 Å². The van der Waals surface area contributed by atoms with Crippen molar-refractivity contribution in [3.05, 3.63) is 23.5 Å². The molecule has 0 aromatic carbocycles. The second-order valence-corrected chi connectivity index (χ2v) is 3.31. The molecule has 0 unspecified atom stereocenters. The van der Waals surface area contributed by atoms with Gasteiger partial charge in [-0.25, -0.2) is 4.98 Å². The lowest BCUT2D eigenvalue weighted by atomic mass is 10.7. The fourth-order valence-corrected chi connectivity index (χ4v) is 1.45. The predicted molar refractivity (Wildman–Crippen MR) is 41.8 cm³/mol. The van der Waals surface area contributed by atoms with Gasteiger partial charge in [0, 0.05) is 11.1 Å². The normalized spacial score (nSPS) is 10.3. The molecule has 0 saturated heterocycles. The number of nitrogens with zero attached hydrogens (tertiary/aromatic N) is 4. The lowest BCUT2D eigenvalue weighted by molar-refractivity contribution is 0.797. The number of hydrogen-bond donors (Lipinski definition) is 0.